The van der Waals surface area contributed by atoms with Crippen molar-refractivity contribution in [3.05, 3.63) is 101 Å². The summed E-state index contributed by atoms with van der Waals surface area (Å²) >= 11 is 0. The molecule has 0 spiro atoms. The van der Waals surface area contributed by atoms with Crippen molar-refractivity contribution in [2.75, 3.05) is 26.9 Å². The van der Waals surface area contributed by atoms with Crippen LogP contribution in [0.1, 0.15) is 87.6 Å². The first kappa shape index (κ1) is 35.7. The van der Waals surface area contributed by atoms with E-state index in [0.717, 1.165) is 38.0 Å². The van der Waals surface area contributed by atoms with E-state index in [1.807, 2.05) is 12.1 Å². The molecule has 0 amide bonds. The summed E-state index contributed by atoms with van der Waals surface area (Å²) in [5.74, 6) is 0.849. The number of nitrogens with zero attached hydrogens (tertiary/aromatic N) is 2. The first-order valence-electron chi connectivity index (χ1n) is 16.0. The number of hydrogen-bond donors (Lipinski definition) is 1. The number of unbranched alkanes of at least 4 members (excludes halogenated alkanes) is 3. The maximum absolute atomic E-state index is 8.95. The zero-order valence-corrected chi connectivity index (χ0v) is 28.7. The molecule has 1 atom stereocenters. The van der Waals surface area contributed by atoms with Crippen molar-refractivity contribution in [3.8, 4) is 11.8 Å². The first-order chi connectivity index (χ1) is 21.2. The fraction of sp³-hybridized carbons (Fsp3) is 0.486. The molecular formula is C37H52N3O3P. The zero-order chi connectivity index (χ0) is 32.0. The number of ether oxygens (including phenoxy) is 1. The molecule has 3 rings (SSSR count). The Morgan fingerprint density at radius 1 is 0.727 bits per heavy atom. The molecule has 0 aromatic heterocycles. The van der Waals surface area contributed by atoms with Crippen LogP contribution in [0, 0.1) is 25.2 Å². The molecule has 0 aliphatic carbocycles. The standard InChI is InChI=1S/C37H52N3O3P/c1-29(2)40(30(3)4)44(43-28-12-25-38)42-27-11-9-8-10-26-39-37(33-17-13-31(5)14-18-33,34-19-15-32(6)16-20-34)35-21-23-36(41-7)24-22-35/h13-24,29-30,39H,8-12,26-28H2,1-7H3. The lowest BCUT2D eigenvalue weighted by atomic mass is 9.76. The Morgan fingerprint density at radius 2 is 1.20 bits per heavy atom. The van der Waals surface area contributed by atoms with Crippen molar-refractivity contribution in [3.63, 3.8) is 0 Å². The summed E-state index contributed by atoms with van der Waals surface area (Å²) in [6.45, 7) is 14.9. The fourth-order valence-corrected chi connectivity index (χ4v) is 7.20. The van der Waals surface area contributed by atoms with Crippen molar-refractivity contribution in [1.82, 2.24) is 9.99 Å². The molecule has 44 heavy (non-hydrogen) atoms. The Hall–Kier alpha value is -2.78. The van der Waals surface area contributed by atoms with E-state index < -0.39 is 14.1 Å². The summed E-state index contributed by atoms with van der Waals surface area (Å²) in [6.07, 6.45) is 4.58. The highest BCUT2D eigenvalue weighted by molar-refractivity contribution is 7.44. The second-order valence-electron chi connectivity index (χ2n) is 11.9. The van der Waals surface area contributed by atoms with E-state index in [4.69, 9.17) is 19.0 Å². The molecule has 7 heteroatoms. The largest absolute Gasteiger partial charge is 0.497 e. The number of nitriles is 1. The Balaban J connectivity index is 1.69. The molecule has 0 aliphatic rings. The van der Waals surface area contributed by atoms with Crippen LogP contribution in [0.25, 0.3) is 0 Å². The Morgan fingerprint density at radius 3 is 1.68 bits per heavy atom. The van der Waals surface area contributed by atoms with Crippen LogP contribution in [0.15, 0.2) is 72.8 Å². The van der Waals surface area contributed by atoms with Crippen LogP contribution in [0.3, 0.4) is 0 Å². The Bertz CT molecular complexity index is 1220. The number of benzene rings is 3. The molecule has 238 valence electrons. The van der Waals surface area contributed by atoms with Crippen LogP contribution in [-0.4, -0.2) is 43.6 Å². The molecule has 6 nitrogen and oxygen atoms in total. The van der Waals surface area contributed by atoms with E-state index in [2.05, 4.69) is 118 Å². The first-order valence-corrected chi connectivity index (χ1v) is 17.1. The third-order valence-electron chi connectivity index (χ3n) is 7.82. The monoisotopic (exact) mass is 617 g/mol. The summed E-state index contributed by atoms with van der Waals surface area (Å²) in [7, 11) is 0.525. The molecule has 0 radical (unpaired) electrons. The van der Waals surface area contributed by atoms with Crippen LogP contribution >= 0.6 is 8.53 Å². The van der Waals surface area contributed by atoms with Crippen LogP contribution in [0.5, 0.6) is 5.75 Å². The maximum atomic E-state index is 8.95. The third-order valence-corrected chi connectivity index (χ3v) is 9.93. The summed E-state index contributed by atoms with van der Waals surface area (Å²) < 4.78 is 20.1. The predicted octanol–water partition coefficient (Wildman–Crippen LogP) is 9.05. The average molecular weight is 618 g/mol. The van der Waals surface area contributed by atoms with Gasteiger partial charge in [0.25, 0.3) is 8.53 Å². The normalized spacial score (nSPS) is 12.6. The summed E-state index contributed by atoms with van der Waals surface area (Å²) in [5, 5.41) is 13.0. The Labute approximate surface area is 267 Å². The molecule has 0 bridgehead atoms. The second-order valence-corrected chi connectivity index (χ2v) is 13.4. The van der Waals surface area contributed by atoms with Gasteiger partial charge in [-0.25, -0.2) is 4.67 Å². The minimum absolute atomic E-state index is 0.308. The van der Waals surface area contributed by atoms with Gasteiger partial charge in [-0.2, -0.15) is 5.26 Å². The van der Waals surface area contributed by atoms with Gasteiger partial charge in [-0.3, -0.25) is 5.32 Å². The number of hydrogen-bond acceptors (Lipinski definition) is 6. The van der Waals surface area contributed by atoms with Gasteiger partial charge in [0.2, 0.25) is 0 Å². The fourth-order valence-electron chi connectivity index (χ4n) is 5.57. The van der Waals surface area contributed by atoms with Gasteiger partial charge in [0.15, 0.2) is 0 Å². The molecule has 3 aromatic rings. The minimum atomic E-state index is -1.18. The molecule has 0 saturated carbocycles. The number of nitrogens with one attached hydrogen (secondary N) is 1. The molecule has 1 N–H and O–H groups in total. The average Bonchev–Trinajstić information content (AvgIpc) is 3.01. The van der Waals surface area contributed by atoms with Gasteiger partial charge >= 0.3 is 0 Å². The van der Waals surface area contributed by atoms with E-state index in [-0.39, 0.29) is 0 Å². The van der Waals surface area contributed by atoms with Crippen molar-refractivity contribution in [1.29, 1.82) is 5.26 Å². The third kappa shape index (κ3) is 9.86. The van der Waals surface area contributed by atoms with Crippen LogP contribution in [-0.2, 0) is 14.6 Å². The number of methoxy groups -OCH3 is 1. The van der Waals surface area contributed by atoms with Crippen molar-refractivity contribution < 1.29 is 13.8 Å². The lowest BCUT2D eigenvalue weighted by molar-refractivity contribution is 0.174. The lowest BCUT2D eigenvalue weighted by Gasteiger charge is -2.37. The summed E-state index contributed by atoms with van der Waals surface area (Å²) in [4.78, 5) is 0. The molecule has 0 aliphatic heterocycles. The topological polar surface area (TPSA) is 66.8 Å². The molecule has 0 saturated heterocycles. The van der Waals surface area contributed by atoms with Gasteiger partial charge in [-0.15, -0.1) is 0 Å². The van der Waals surface area contributed by atoms with E-state index >= 15 is 0 Å². The van der Waals surface area contributed by atoms with E-state index in [1.165, 1.54) is 27.8 Å². The van der Waals surface area contributed by atoms with Crippen molar-refractivity contribution >= 4 is 8.53 Å². The van der Waals surface area contributed by atoms with Gasteiger partial charge in [0.05, 0.1) is 38.4 Å². The van der Waals surface area contributed by atoms with Gasteiger partial charge in [0, 0.05) is 12.1 Å². The van der Waals surface area contributed by atoms with Crippen molar-refractivity contribution in [2.24, 2.45) is 0 Å². The van der Waals surface area contributed by atoms with Crippen LogP contribution in [0.4, 0.5) is 0 Å². The van der Waals surface area contributed by atoms with Crippen LogP contribution in [0.2, 0.25) is 0 Å². The molecule has 0 heterocycles. The highest BCUT2D eigenvalue weighted by Gasteiger charge is 2.36. The quantitative estimate of drug-likeness (QED) is 0.0823. The van der Waals surface area contributed by atoms with E-state index in [0.29, 0.717) is 31.7 Å². The van der Waals surface area contributed by atoms with Gasteiger partial charge in [-0.1, -0.05) is 84.6 Å². The van der Waals surface area contributed by atoms with Gasteiger partial charge in [0.1, 0.15) is 5.75 Å². The van der Waals surface area contributed by atoms with E-state index in [9.17, 15) is 0 Å². The Kier molecular flexibility index (Phi) is 14.8. The molecular weight excluding hydrogens is 565 g/mol. The number of rotatable bonds is 19. The van der Waals surface area contributed by atoms with Gasteiger partial charge in [-0.05, 0) is 89.8 Å². The molecule has 3 aromatic carbocycles. The highest BCUT2D eigenvalue weighted by atomic mass is 31.2. The summed E-state index contributed by atoms with van der Waals surface area (Å²) in [6, 6.07) is 29.0. The van der Waals surface area contributed by atoms with E-state index in [1.54, 1.807) is 7.11 Å². The smallest absolute Gasteiger partial charge is 0.259 e. The molecule has 0 fully saturated rings. The minimum Gasteiger partial charge on any atom is -0.497 e. The van der Waals surface area contributed by atoms with Crippen molar-refractivity contribution in [2.45, 2.75) is 91.3 Å². The van der Waals surface area contributed by atoms with Crippen LogP contribution < -0.4 is 10.1 Å². The second kappa shape index (κ2) is 18.3. The zero-order valence-electron chi connectivity index (χ0n) is 27.8. The van der Waals surface area contributed by atoms with Gasteiger partial charge < -0.3 is 13.8 Å². The maximum Gasteiger partial charge on any atom is 0.259 e. The predicted molar refractivity (Wildman–Crippen MR) is 183 cm³/mol. The SMILES string of the molecule is COc1ccc(C(NCCCCCCOP(OCCC#N)N(C(C)C)C(C)C)(c2ccc(C)cc2)c2ccc(C)cc2)cc1. The summed E-state index contributed by atoms with van der Waals surface area (Å²) in [5.41, 5.74) is 5.61. The molecule has 1 unspecified atom stereocenters. The number of aryl methyl sites for hydroxylation is 2. The highest BCUT2D eigenvalue weighted by Crippen LogP contribution is 2.46. The lowest BCUT2D eigenvalue weighted by Crippen LogP contribution is -2.45.